The predicted molar refractivity (Wildman–Crippen MR) is 92.6 cm³/mol. The third-order valence-corrected chi connectivity index (χ3v) is 4.30. The van der Waals surface area contributed by atoms with Crippen LogP contribution >= 0.6 is 11.8 Å². The van der Waals surface area contributed by atoms with E-state index in [4.69, 9.17) is 5.26 Å². The molecule has 0 heterocycles. The van der Waals surface area contributed by atoms with E-state index >= 15 is 0 Å². The summed E-state index contributed by atoms with van der Waals surface area (Å²) in [6, 6.07) is 15.5. The lowest BCUT2D eigenvalue weighted by atomic mass is 9.79. The monoisotopic (exact) mass is 340 g/mol. The summed E-state index contributed by atoms with van der Waals surface area (Å²) in [5, 5.41) is 22.9. The Labute approximate surface area is 144 Å². The van der Waals surface area contributed by atoms with Crippen LogP contribution in [0.25, 0.3) is 0 Å². The van der Waals surface area contributed by atoms with Crippen molar-refractivity contribution in [3.05, 3.63) is 60.2 Å². The number of carboxylic acids is 1. The summed E-state index contributed by atoms with van der Waals surface area (Å²) in [6.07, 6.45) is -0.180. The van der Waals surface area contributed by atoms with E-state index in [0.717, 1.165) is 16.7 Å². The van der Waals surface area contributed by atoms with E-state index in [1.54, 1.807) is 54.6 Å². The smallest absolute Gasteiger partial charge is 0.314 e. The highest BCUT2D eigenvalue weighted by Gasteiger charge is 2.37. The molecular weight excluding hydrogens is 324 g/mol. The fourth-order valence-electron chi connectivity index (χ4n) is 2.29. The fraction of sp³-hybridized carbons (Fsp3) is 0.167. The highest BCUT2D eigenvalue weighted by Crippen LogP contribution is 2.28. The van der Waals surface area contributed by atoms with E-state index in [9.17, 15) is 14.7 Å². The lowest BCUT2D eigenvalue weighted by Gasteiger charge is -2.24. The minimum absolute atomic E-state index is 0.180. The average molecular weight is 340 g/mol. The van der Waals surface area contributed by atoms with Gasteiger partial charge >= 0.3 is 5.97 Å². The van der Waals surface area contributed by atoms with Crippen molar-refractivity contribution in [3.8, 4) is 5.40 Å². The molecule has 0 fully saturated rings. The molecule has 2 aromatic carbocycles. The molecule has 2 rings (SSSR count). The van der Waals surface area contributed by atoms with Crippen LogP contribution in [0.2, 0.25) is 0 Å². The van der Waals surface area contributed by atoms with Gasteiger partial charge in [0.25, 0.3) is 0 Å². The quantitative estimate of drug-likeness (QED) is 0.619. The number of carbonyl (C=O) groups excluding carboxylic acids is 1. The van der Waals surface area contributed by atoms with E-state index < -0.39 is 11.4 Å². The Morgan fingerprint density at radius 3 is 2.33 bits per heavy atom. The Bertz CT molecular complexity index is 769. The topological polar surface area (TPSA) is 90.2 Å². The molecular formula is C18H16N2O3S. The largest absolute Gasteiger partial charge is 0.481 e. The number of nitrogens with one attached hydrogen (secondary N) is 1. The number of thioether (sulfide) groups is 1. The second kappa shape index (κ2) is 7.66. The average Bonchev–Trinajstić information content (AvgIpc) is 2.57. The molecule has 24 heavy (non-hydrogen) atoms. The molecule has 1 unspecified atom stereocenters. The van der Waals surface area contributed by atoms with Crippen molar-refractivity contribution in [2.24, 2.45) is 0 Å². The Kier molecular flexibility index (Phi) is 5.61. The van der Waals surface area contributed by atoms with Crippen molar-refractivity contribution in [1.29, 1.82) is 5.26 Å². The van der Waals surface area contributed by atoms with Crippen LogP contribution in [0.3, 0.4) is 0 Å². The van der Waals surface area contributed by atoms with Gasteiger partial charge in [0, 0.05) is 17.0 Å². The maximum Gasteiger partial charge on any atom is 0.314 e. The van der Waals surface area contributed by atoms with Gasteiger partial charge in [0.15, 0.2) is 0 Å². The van der Waals surface area contributed by atoms with Gasteiger partial charge in [-0.15, -0.1) is 0 Å². The van der Waals surface area contributed by atoms with E-state index in [1.165, 1.54) is 6.92 Å². The van der Waals surface area contributed by atoms with Crippen LogP contribution in [0, 0.1) is 10.7 Å². The summed E-state index contributed by atoms with van der Waals surface area (Å²) in [5.74, 6) is -1.44. The molecule has 0 saturated carbocycles. The molecule has 0 bridgehead atoms. The molecule has 0 saturated heterocycles. The van der Waals surface area contributed by atoms with Gasteiger partial charge in [-0.05, 0) is 48.5 Å². The number of nitriles is 1. The molecule has 0 aliphatic heterocycles. The van der Waals surface area contributed by atoms with Gasteiger partial charge in [-0.2, -0.15) is 5.26 Å². The number of anilines is 1. The molecule has 5 nitrogen and oxygen atoms in total. The second-order valence-corrected chi connectivity index (χ2v) is 6.30. The number of hydrogen-bond donors (Lipinski definition) is 2. The standard InChI is InChI=1S/C18H16N2O3S/c1-18(17(22)23,13-5-3-2-4-6-13)11-16(21)20-14-7-9-15(10-8-14)24-12-19/h2-10H,11H2,1H3,(H,20,21)(H,22,23). The SMILES string of the molecule is CC(CC(=O)Nc1ccc(SC#N)cc1)(C(=O)O)c1ccccc1. The highest BCUT2D eigenvalue weighted by atomic mass is 32.2. The zero-order valence-electron chi connectivity index (χ0n) is 13.0. The lowest BCUT2D eigenvalue weighted by molar-refractivity contribution is -0.145. The molecule has 0 spiro atoms. The normalized spacial score (nSPS) is 12.7. The number of carbonyl (C=O) groups is 2. The van der Waals surface area contributed by atoms with E-state index in [0.29, 0.717) is 11.3 Å². The Balaban J connectivity index is 2.11. The summed E-state index contributed by atoms with van der Waals surface area (Å²) in [7, 11) is 0. The Hall–Kier alpha value is -2.78. The van der Waals surface area contributed by atoms with Crippen LogP contribution in [-0.2, 0) is 15.0 Å². The number of thiocyanates is 1. The summed E-state index contributed by atoms with van der Waals surface area (Å²) in [4.78, 5) is 24.8. The molecule has 1 atom stereocenters. The first kappa shape index (κ1) is 17.6. The van der Waals surface area contributed by atoms with E-state index in [1.807, 2.05) is 5.40 Å². The molecule has 2 N–H and O–H groups in total. The first-order chi connectivity index (χ1) is 11.5. The fourth-order valence-corrected chi connectivity index (χ4v) is 2.67. The lowest BCUT2D eigenvalue weighted by Crippen LogP contribution is -2.36. The number of hydrogen-bond acceptors (Lipinski definition) is 4. The van der Waals surface area contributed by atoms with Gasteiger partial charge in [0.05, 0.1) is 5.41 Å². The second-order valence-electron chi connectivity index (χ2n) is 5.45. The minimum atomic E-state index is -1.30. The van der Waals surface area contributed by atoms with Crippen molar-refractivity contribution in [2.75, 3.05) is 5.32 Å². The van der Waals surface area contributed by atoms with Crippen molar-refractivity contribution < 1.29 is 14.7 Å². The van der Waals surface area contributed by atoms with E-state index in [-0.39, 0.29) is 12.3 Å². The highest BCUT2D eigenvalue weighted by molar-refractivity contribution is 8.03. The summed E-state index contributed by atoms with van der Waals surface area (Å²) in [6.45, 7) is 1.54. The molecule has 0 radical (unpaired) electrons. The van der Waals surface area contributed by atoms with Crippen LogP contribution in [0.1, 0.15) is 18.9 Å². The number of amides is 1. The zero-order chi connectivity index (χ0) is 17.6. The number of nitrogens with zero attached hydrogens (tertiary/aromatic N) is 1. The van der Waals surface area contributed by atoms with Crippen molar-refractivity contribution in [3.63, 3.8) is 0 Å². The number of benzene rings is 2. The van der Waals surface area contributed by atoms with Crippen LogP contribution < -0.4 is 5.32 Å². The molecule has 2 aromatic rings. The van der Waals surface area contributed by atoms with Crippen molar-refractivity contribution in [1.82, 2.24) is 0 Å². The minimum Gasteiger partial charge on any atom is -0.481 e. The van der Waals surface area contributed by atoms with Crippen LogP contribution in [0.4, 0.5) is 5.69 Å². The first-order valence-electron chi connectivity index (χ1n) is 7.20. The summed E-state index contributed by atoms with van der Waals surface area (Å²) in [5.41, 5.74) is -0.168. The van der Waals surface area contributed by atoms with Crippen LogP contribution in [0.5, 0.6) is 0 Å². The van der Waals surface area contributed by atoms with Crippen LogP contribution in [0.15, 0.2) is 59.5 Å². The molecule has 6 heteroatoms. The van der Waals surface area contributed by atoms with Gasteiger partial charge in [0.1, 0.15) is 5.40 Å². The number of rotatable bonds is 6. The predicted octanol–water partition coefficient (Wildman–Crippen LogP) is 3.63. The maximum absolute atomic E-state index is 12.3. The number of aliphatic carboxylic acids is 1. The molecule has 1 amide bonds. The molecule has 0 aliphatic rings. The third kappa shape index (κ3) is 4.15. The summed E-state index contributed by atoms with van der Waals surface area (Å²) < 4.78 is 0. The molecule has 122 valence electrons. The van der Waals surface area contributed by atoms with E-state index in [2.05, 4.69) is 5.32 Å². The molecule has 0 aromatic heterocycles. The van der Waals surface area contributed by atoms with Gasteiger partial charge < -0.3 is 10.4 Å². The number of carboxylic acid groups (broad SMARTS) is 1. The Morgan fingerprint density at radius 1 is 1.17 bits per heavy atom. The van der Waals surface area contributed by atoms with Crippen molar-refractivity contribution in [2.45, 2.75) is 23.7 Å². The van der Waals surface area contributed by atoms with Gasteiger partial charge in [0.2, 0.25) is 5.91 Å². The van der Waals surface area contributed by atoms with Crippen LogP contribution in [-0.4, -0.2) is 17.0 Å². The zero-order valence-corrected chi connectivity index (χ0v) is 13.8. The van der Waals surface area contributed by atoms with Gasteiger partial charge in [-0.1, -0.05) is 30.3 Å². The summed E-state index contributed by atoms with van der Waals surface area (Å²) >= 11 is 1.03. The van der Waals surface area contributed by atoms with Gasteiger partial charge in [-0.25, -0.2) is 0 Å². The van der Waals surface area contributed by atoms with Gasteiger partial charge in [-0.3, -0.25) is 9.59 Å². The van der Waals surface area contributed by atoms with Crippen molar-refractivity contribution >= 4 is 29.3 Å². The Morgan fingerprint density at radius 2 is 1.79 bits per heavy atom. The molecule has 0 aliphatic carbocycles. The first-order valence-corrected chi connectivity index (χ1v) is 8.02. The maximum atomic E-state index is 12.3. The third-order valence-electron chi connectivity index (χ3n) is 3.70.